The molecule has 0 aliphatic heterocycles. The average molecular weight is 277 g/mol. The van der Waals surface area contributed by atoms with E-state index in [1.807, 2.05) is 25.1 Å². The number of benzene rings is 1. The summed E-state index contributed by atoms with van der Waals surface area (Å²) in [5, 5.41) is 3.07. The van der Waals surface area contributed by atoms with Crippen molar-refractivity contribution in [1.82, 2.24) is 5.32 Å². The molecule has 5 heteroatoms. The van der Waals surface area contributed by atoms with Crippen LogP contribution in [0.15, 0.2) is 35.3 Å². The lowest BCUT2D eigenvalue weighted by Crippen LogP contribution is -2.33. The van der Waals surface area contributed by atoms with Gasteiger partial charge in [-0.2, -0.15) is 0 Å². The maximum absolute atomic E-state index is 5.74. The van der Waals surface area contributed by atoms with Gasteiger partial charge in [0.15, 0.2) is 17.5 Å². The van der Waals surface area contributed by atoms with Crippen LogP contribution in [0.4, 0.5) is 0 Å². The lowest BCUT2D eigenvalue weighted by Gasteiger charge is -2.10. The summed E-state index contributed by atoms with van der Waals surface area (Å²) in [7, 11) is 3.25. The Morgan fingerprint density at radius 2 is 2.00 bits per heavy atom. The zero-order valence-corrected chi connectivity index (χ0v) is 12.4. The first kappa shape index (κ1) is 15.9. The number of aliphatic imine (C=N–C) groups is 1. The normalized spacial score (nSPS) is 11.1. The van der Waals surface area contributed by atoms with E-state index >= 15 is 0 Å². The van der Waals surface area contributed by atoms with Crippen molar-refractivity contribution in [3.8, 4) is 11.5 Å². The predicted octanol–water partition coefficient (Wildman–Crippen LogP) is 1.73. The van der Waals surface area contributed by atoms with Gasteiger partial charge in [0.1, 0.15) is 0 Å². The van der Waals surface area contributed by atoms with E-state index in [-0.39, 0.29) is 0 Å². The van der Waals surface area contributed by atoms with E-state index in [9.17, 15) is 0 Å². The van der Waals surface area contributed by atoms with Crippen LogP contribution in [0.3, 0.4) is 0 Å². The van der Waals surface area contributed by atoms with Crippen LogP contribution in [-0.2, 0) is 6.42 Å². The smallest absolute Gasteiger partial charge is 0.188 e. The molecule has 0 unspecified atom stereocenters. The van der Waals surface area contributed by atoms with Crippen LogP contribution >= 0.6 is 0 Å². The molecule has 1 aromatic rings. The molecule has 0 amide bonds. The van der Waals surface area contributed by atoms with Crippen molar-refractivity contribution in [3.05, 3.63) is 35.9 Å². The second-order valence-electron chi connectivity index (χ2n) is 4.52. The van der Waals surface area contributed by atoms with E-state index in [0.29, 0.717) is 19.0 Å². The molecular weight excluding hydrogens is 254 g/mol. The SMILES string of the molecule is C=C(C)CN=C(N)NCCc1ccc(OC)c(OC)c1. The van der Waals surface area contributed by atoms with Gasteiger partial charge in [-0.1, -0.05) is 18.2 Å². The molecule has 1 rings (SSSR count). The van der Waals surface area contributed by atoms with Gasteiger partial charge in [0.25, 0.3) is 0 Å². The Kier molecular flexibility index (Phi) is 6.43. The molecule has 0 radical (unpaired) electrons. The summed E-state index contributed by atoms with van der Waals surface area (Å²) in [5.41, 5.74) is 7.86. The summed E-state index contributed by atoms with van der Waals surface area (Å²) in [6, 6.07) is 5.86. The van der Waals surface area contributed by atoms with Gasteiger partial charge in [-0.05, 0) is 31.0 Å². The van der Waals surface area contributed by atoms with E-state index in [2.05, 4.69) is 16.9 Å². The number of nitrogens with two attached hydrogens (primary N) is 1. The highest BCUT2D eigenvalue weighted by molar-refractivity contribution is 5.77. The number of hydrogen-bond acceptors (Lipinski definition) is 3. The fourth-order valence-electron chi connectivity index (χ4n) is 1.65. The van der Waals surface area contributed by atoms with Crippen LogP contribution in [0.1, 0.15) is 12.5 Å². The third-order valence-electron chi connectivity index (χ3n) is 2.69. The summed E-state index contributed by atoms with van der Waals surface area (Å²) in [6.07, 6.45) is 0.823. The van der Waals surface area contributed by atoms with Crippen LogP contribution in [0, 0.1) is 0 Å². The van der Waals surface area contributed by atoms with Crippen molar-refractivity contribution >= 4 is 5.96 Å². The van der Waals surface area contributed by atoms with Crippen LogP contribution in [0.2, 0.25) is 0 Å². The van der Waals surface area contributed by atoms with Crippen LogP contribution < -0.4 is 20.5 Å². The molecule has 0 aliphatic carbocycles. The zero-order valence-electron chi connectivity index (χ0n) is 12.4. The van der Waals surface area contributed by atoms with Crippen molar-refractivity contribution in [2.45, 2.75) is 13.3 Å². The third-order valence-corrected chi connectivity index (χ3v) is 2.69. The average Bonchev–Trinajstić information content (AvgIpc) is 2.44. The first-order valence-electron chi connectivity index (χ1n) is 6.46. The van der Waals surface area contributed by atoms with Gasteiger partial charge >= 0.3 is 0 Å². The van der Waals surface area contributed by atoms with Crippen molar-refractivity contribution < 1.29 is 9.47 Å². The molecule has 0 saturated carbocycles. The quantitative estimate of drug-likeness (QED) is 0.452. The molecule has 0 aliphatic rings. The number of nitrogens with one attached hydrogen (secondary N) is 1. The predicted molar refractivity (Wildman–Crippen MR) is 82.6 cm³/mol. The Bertz CT molecular complexity index is 484. The first-order valence-corrected chi connectivity index (χ1v) is 6.46. The van der Waals surface area contributed by atoms with Crippen molar-refractivity contribution in [1.29, 1.82) is 0 Å². The monoisotopic (exact) mass is 277 g/mol. The van der Waals surface area contributed by atoms with Crippen LogP contribution in [0.5, 0.6) is 11.5 Å². The van der Waals surface area contributed by atoms with Gasteiger partial charge in [0.2, 0.25) is 0 Å². The number of ether oxygens (including phenoxy) is 2. The molecule has 0 spiro atoms. The standard InChI is InChI=1S/C15H23N3O2/c1-11(2)10-18-15(16)17-8-7-12-5-6-13(19-3)14(9-12)20-4/h5-6,9H,1,7-8,10H2,2-4H3,(H3,16,17,18). The summed E-state index contributed by atoms with van der Waals surface area (Å²) < 4.78 is 10.5. The number of rotatable bonds is 7. The molecule has 20 heavy (non-hydrogen) atoms. The molecular formula is C15H23N3O2. The van der Waals surface area contributed by atoms with E-state index in [1.54, 1.807) is 14.2 Å². The Morgan fingerprint density at radius 1 is 1.30 bits per heavy atom. The second kappa shape index (κ2) is 8.09. The minimum absolute atomic E-state index is 0.438. The molecule has 0 fully saturated rings. The van der Waals surface area contributed by atoms with E-state index in [0.717, 1.165) is 29.1 Å². The van der Waals surface area contributed by atoms with Crippen molar-refractivity contribution in [2.24, 2.45) is 10.7 Å². The van der Waals surface area contributed by atoms with E-state index in [1.165, 1.54) is 0 Å². The summed E-state index contributed by atoms with van der Waals surface area (Å²) in [4.78, 5) is 4.16. The fourth-order valence-corrected chi connectivity index (χ4v) is 1.65. The van der Waals surface area contributed by atoms with Crippen LogP contribution in [-0.4, -0.2) is 33.3 Å². The molecule has 0 bridgehead atoms. The lowest BCUT2D eigenvalue weighted by atomic mass is 10.1. The number of methoxy groups -OCH3 is 2. The van der Waals surface area contributed by atoms with Gasteiger partial charge in [-0.15, -0.1) is 0 Å². The molecule has 0 atom stereocenters. The topological polar surface area (TPSA) is 68.9 Å². The molecule has 5 nitrogen and oxygen atoms in total. The van der Waals surface area contributed by atoms with E-state index < -0.39 is 0 Å². The summed E-state index contributed by atoms with van der Waals surface area (Å²) in [5.74, 6) is 1.90. The zero-order chi connectivity index (χ0) is 15.0. The highest BCUT2D eigenvalue weighted by Crippen LogP contribution is 2.27. The van der Waals surface area contributed by atoms with Gasteiger partial charge in [-0.25, -0.2) is 4.99 Å². The van der Waals surface area contributed by atoms with Gasteiger partial charge in [0, 0.05) is 6.54 Å². The minimum atomic E-state index is 0.438. The molecule has 0 aromatic heterocycles. The third kappa shape index (κ3) is 5.22. The Hall–Kier alpha value is -2.17. The second-order valence-corrected chi connectivity index (χ2v) is 4.52. The molecule has 1 aromatic carbocycles. The van der Waals surface area contributed by atoms with Gasteiger partial charge in [0.05, 0.1) is 20.8 Å². The maximum atomic E-state index is 5.74. The fraction of sp³-hybridized carbons (Fsp3) is 0.400. The highest BCUT2D eigenvalue weighted by atomic mass is 16.5. The van der Waals surface area contributed by atoms with Crippen LogP contribution in [0.25, 0.3) is 0 Å². The molecule has 110 valence electrons. The van der Waals surface area contributed by atoms with Crippen molar-refractivity contribution in [3.63, 3.8) is 0 Å². The molecule has 0 saturated heterocycles. The molecule has 3 N–H and O–H groups in total. The Labute approximate surface area is 120 Å². The number of nitrogens with zero attached hydrogens (tertiary/aromatic N) is 1. The van der Waals surface area contributed by atoms with Crippen molar-refractivity contribution in [2.75, 3.05) is 27.3 Å². The van der Waals surface area contributed by atoms with Gasteiger partial charge < -0.3 is 20.5 Å². The Morgan fingerprint density at radius 3 is 2.60 bits per heavy atom. The van der Waals surface area contributed by atoms with Gasteiger partial charge in [-0.3, -0.25) is 0 Å². The minimum Gasteiger partial charge on any atom is -0.493 e. The largest absolute Gasteiger partial charge is 0.493 e. The summed E-state index contributed by atoms with van der Waals surface area (Å²) in [6.45, 7) is 6.95. The first-order chi connectivity index (χ1) is 9.56. The Balaban J connectivity index is 2.50. The summed E-state index contributed by atoms with van der Waals surface area (Å²) >= 11 is 0. The number of hydrogen-bond donors (Lipinski definition) is 2. The molecule has 0 heterocycles. The lowest BCUT2D eigenvalue weighted by molar-refractivity contribution is 0.354. The van der Waals surface area contributed by atoms with E-state index in [4.69, 9.17) is 15.2 Å². The maximum Gasteiger partial charge on any atom is 0.188 e. The highest BCUT2D eigenvalue weighted by Gasteiger charge is 2.04. The number of guanidine groups is 1.